The maximum absolute atomic E-state index is 4.47. The van der Waals surface area contributed by atoms with Crippen LogP contribution in [0.15, 0.2) is 18.3 Å². The number of nitrogens with zero attached hydrogens (tertiary/aromatic N) is 4. The van der Waals surface area contributed by atoms with Crippen molar-refractivity contribution in [1.82, 2.24) is 24.9 Å². The Kier molecular flexibility index (Phi) is 4.37. The maximum Gasteiger partial charge on any atom is 0.0644 e. The zero-order chi connectivity index (χ0) is 13.8. The van der Waals surface area contributed by atoms with E-state index in [1.807, 2.05) is 36.6 Å². The summed E-state index contributed by atoms with van der Waals surface area (Å²) in [7, 11) is 3.95. The molecule has 5 nitrogen and oxygen atoms in total. The first-order chi connectivity index (χ1) is 9.10. The molecule has 5 heteroatoms. The van der Waals surface area contributed by atoms with E-state index in [2.05, 4.69) is 34.6 Å². The molecule has 0 radical (unpaired) electrons. The first-order valence-electron chi connectivity index (χ1n) is 6.82. The molecule has 0 saturated heterocycles. The van der Waals surface area contributed by atoms with Gasteiger partial charge in [0.05, 0.1) is 23.1 Å². The second kappa shape index (κ2) is 6.02. The Morgan fingerprint density at radius 2 is 2.11 bits per heavy atom. The van der Waals surface area contributed by atoms with Crippen molar-refractivity contribution in [3.05, 3.63) is 35.4 Å². The summed E-state index contributed by atoms with van der Waals surface area (Å²) in [5, 5.41) is 12.5. The summed E-state index contributed by atoms with van der Waals surface area (Å²) in [6.45, 7) is 5.21. The van der Waals surface area contributed by atoms with Gasteiger partial charge in [-0.05, 0) is 32.0 Å². The van der Waals surface area contributed by atoms with Crippen LogP contribution < -0.4 is 5.32 Å². The molecule has 0 bridgehead atoms. The number of hydrogen-bond donors (Lipinski definition) is 1. The molecule has 1 atom stereocenters. The Hall–Kier alpha value is -1.62. The predicted octanol–water partition coefficient (Wildman–Crippen LogP) is 1.75. The highest BCUT2D eigenvalue weighted by Crippen LogP contribution is 2.18. The van der Waals surface area contributed by atoms with Gasteiger partial charge >= 0.3 is 0 Å². The van der Waals surface area contributed by atoms with Gasteiger partial charge in [0.25, 0.3) is 0 Å². The van der Waals surface area contributed by atoms with E-state index in [-0.39, 0.29) is 6.04 Å². The van der Waals surface area contributed by atoms with Crippen LogP contribution in [-0.4, -0.2) is 26.1 Å². The van der Waals surface area contributed by atoms with E-state index < -0.39 is 0 Å². The van der Waals surface area contributed by atoms with Crippen LogP contribution in [0.2, 0.25) is 0 Å². The van der Waals surface area contributed by atoms with Crippen molar-refractivity contribution in [3.63, 3.8) is 0 Å². The van der Waals surface area contributed by atoms with Gasteiger partial charge in [0.1, 0.15) is 0 Å². The van der Waals surface area contributed by atoms with E-state index in [4.69, 9.17) is 0 Å². The molecule has 2 rings (SSSR count). The summed E-state index contributed by atoms with van der Waals surface area (Å²) in [6, 6.07) is 4.49. The van der Waals surface area contributed by atoms with E-state index in [9.17, 15) is 0 Å². The maximum atomic E-state index is 4.47. The third-order valence-electron chi connectivity index (χ3n) is 3.22. The summed E-state index contributed by atoms with van der Waals surface area (Å²) in [5.41, 5.74) is 3.38. The molecule has 0 aromatic carbocycles. The highest BCUT2D eigenvalue weighted by Gasteiger charge is 2.17. The van der Waals surface area contributed by atoms with Crippen LogP contribution in [0.25, 0.3) is 0 Å². The minimum atomic E-state index is 0.265. The predicted molar refractivity (Wildman–Crippen MR) is 75.9 cm³/mol. The van der Waals surface area contributed by atoms with Crippen molar-refractivity contribution >= 4 is 0 Å². The number of aryl methyl sites for hydroxylation is 3. The lowest BCUT2D eigenvalue weighted by molar-refractivity contribution is 0.487. The van der Waals surface area contributed by atoms with E-state index in [1.54, 1.807) is 0 Å². The molecule has 0 aliphatic carbocycles. The summed E-state index contributed by atoms with van der Waals surface area (Å²) in [5.74, 6) is 0. The molecular formula is C14H23N5. The largest absolute Gasteiger partial charge is 0.308 e. The van der Waals surface area contributed by atoms with Gasteiger partial charge in [0, 0.05) is 26.7 Å². The Balaban J connectivity index is 2.18. The normalized spacial score (nSPS) is 12.8. The van der Waals surface area contributed by atoms with Gasteiger partial charge in [-0.1, -0.05) is 6.92 Å². The lowest BCUT2D eigenvalue weighted by Crippen LogP contribution is -2.26. The van der Waals surface area contributed by atoms with Gasteiger partial charge in [-0.25, -0.2) is 0 Å². The highest BCUT2D eigenvalue weighted by molar-refractivity contribution is 5.16. The molecule has 1 unspecified atom stereocenters. The smallest absolute Gasteiger partial charge is 0.0644 e. The average Bonchev–Trinajstić information content (AvgIpc) is 2.91. The van der Waals surface area contributed by atoms with Gasteiger partial charge in [0.2, 0.25) is 0 Å². The Morgan fingerprint density at radius 1 is 1.32 bits per heavy atom. The molecule has 0 amide bonds. The van der Waals surface area contributed by atoms with Gasteiger partial charge in [-0.3, -0.25) is 9.36 Å². The molecule has 19 heavy (non-hydrogen) atoms. The van der Waals surface area contributed by atoms with Crippen LogP contribution in [0.1, 0.15) is 36.5 Å². The van der Waals surface area contributed by atoms with Crippen LogP contribution in [0, 0.1) is 6.92 Å². The molecule has 2 heterocycles. The minimum absolute atomic E-state index is 0.265. The second-order valence-corrected chi connectivity index (χ2v) is 5.03. The van der Waals surface area contributed by atoms with E-state index >= 15 is 0 Å². The van der Waals surface area contributed by atoms with E-state index in [0.717, 1.165) is 30.8 Å². The van der Waals surface area contributed by atoms with Crippen molar-refractivity contribution in [1.29, 1.82) is 0 Å². The topological polar surface area (TPSA) is 47.7 Å². The molecule has 2 aromatic rings. The van der Waals surface area contributed by atoms with Crippen LogP contribution in [0.5, 0.6) is 0 Å². The SMILES string of the molecule is CCCNC(Cc1ccn(C)n1)c1cc(C)nn1C. The molecule has 0 spiro atoms. The third kappa shape index (κ3) is 3.44. The fourth-order valence-electron chi connectivity index (χ4n) is 2.34. The Bertz CT molecular complexity index is 526. The van der Waals surface area contributed by atoms with Crippen LogP contribution in [-0.2, 0) is 20.5 Å². The number of aromatic nitrogens is 4. The number of hydrogen-bond acceptors (Lipinski definition) is 3. The summed E-state index contributed by atoms with van der Waals surface area (Å²) in [4.78, 5) is 0. The van der Waals surface area contributed by atoms with Gasteiger partial charge in [-0.15, -0.1) is 0 Å². The van der Waals surface area contributed by atoms with Crippen LogP contribution in [0.4, 0.5) is 0 Å². The number of rotatable bonds is 6. The first-order valence-corrected chi connectivity index (χ1v) is 6.82. The first kappa shape index (κ1) is 13.8. The minimum Gasteiger partial charge on any atom is -0.308 e. The zero-order valence-corrected chi connectivity index (χ0v) is 12.2. The molecule has 0 aliphatic rings. The fourth-order valence-corrected chi connectivity index (χ4v) is 2.34. The lowest BCUT2D eigenvalue weighted by Gasteiger charge is -2.17. The van der Waals surface area contributed by atoms with E-state index in [1.165, 1.54) is 5.69 Å². The fraction of sp³-hybridized carbons (Fsp3) is 0.571. The van der Waals surface area contributed by atoms with Gasteiger partial charge in [0.15, 0.2) is 0 Å². The molecule has 2 aromatic heterocycles. The van der Waals surface area contributed by atoms with Crippen molar-refractivity contribution < 1.29 is 0 Å². The molecule has 104 valence electrons. The van der Waals surface area contributed by atoms with Gasteiger partial charge < -0.3 is 5.32 Å². The monoisotopic (exact) mass is 261 g/mol. The Labute approximate surface area is 114 Å². The summed E-state index contributed by atoms with van der Waals surface area (Å²) < 4.78 is 3.81. The quantitative estimate of drug-likeness (QED) is 0.861. The van der Waals surface area contributed by atoms with Crippen molar-refractivity contribution in [2.24, 2.45) is 14.1 Å². The molecule has 0 fully saturated rings. The molecule has 1 N–H and O–H groups in total. The average molecular weight is 261 g/mol. The van der Waals surface area contributed by atoms with E-state index in [0.29, 0.717) is 0 Å². The van der Waals surface area contributed by atoms with Gasteiger partial charge in [-0.2, -0.15) is 10.2 Å². The highest BCUT2D eigenvalue weighted by atomic mass is 15.3. The number of nitrogens with one attached hydrogen (secondary N) is 1. The van der Waals surface area contributed by atoms with Crippen LogP contribution in [0.3, 0.4) is 0 Å². The summed E-state index contributed by atoms with van der Waals surface area (Å²) >= 11 is 0. The Morgan fingerprint density at radius 3 is 2.63 bits per heavy atom. The molecule has 0 aliphatic heterocycles. The molecular weight excluding hydrogens is 238 g/mol. The second-order valence-electron chi connectivity index (χ2n) is 5.03. The van der Waals surface area contributed by atoms with Crippen molar-refractivity contribution in [2.75, 3.05) is 6.54 Å². The van der Waals surface area contributed by atoms with Crippen molar-refractivity contribution in [3.8, 4) is 0 Å². The molecule has 0 saturated carbocycles. The zero-order valence-electron chi connectivity index (χ0n) is 12.2. The van der Waals surface area contributed by atoms with Crippen molar-refractivity contribution in [2.45, 2.75) is 32.7 Å². The standard InChI is InChI=1S/C14H23N5/c1-5-7-15-13(10-12-6-8-18(3)17-12)14-9-11(2)16-19(14)4/h6,8-9,13,15H,5,7,10H2,1-4H3. The summed E-state index contributed by atoms with van der Waals surface area (Å²) in [6.07, 6.45) is 4.00. The lowest BCUT2D eigenvalue weighted by atomic mass is 10.1. The van der Waals surface area contributed by atoms with Crippen LogP contribution >= 0.6 is 0 Å². The third-order valence-corrected chi connectivity index (χ3v) is 3.22.